The first-order chi connectivity index (χ1) is 19.9. The van der Waals surface area contributed by atoms with Crippen LogP contribution in [0.15, 0.2) is 48.5 Å². The number of benzene rings is 6. The van der Waals surface area contributed by atoms with E-state index in [1.165, 1.54) is 0 Å². The fraction of sp³-hybridized carbons (Fsp3) is 0. The predicted octanol–water partition coefficient (Wildman–Crippen LogP) is 7.97. The Morgan fingerprint density at radius 3 is 1.81 bits per heavy atom. The van der Waals surface area contributed by atoms with Crippen molar-refractivity contribution in [2.45, 2.75) is 0 Å². The molecule has 6 rings (SSSR count). The van der Waals surface area contributed by atoms with Crippen molar-refractivity contribution in [3.63, 3.8) is 0 Å². The number of hydrogen-bond donors (Lipinski definition) is 0. The van der Waals surface area contributed by atoms with Gasteiger partial charge in [0.25, 0.3) is 0 Å². The standard InChI is InChI=1S/C28H8BF11O2/c30-10-7-15(34)22(35)16(8-10)41-29(21-13(32)5-6-14(33)23(21)36)42-28-11-3-1-9-2-4-12(31)19-17(9)18(11)20(25(38)24(19)37)26(39)27(28)40/h1-8H. The Hall–Kier alpha value is -4.75. The van der Waals surface area contributed by atoms with Crippen molar-refractivity contribution in [1.82, 2.24) is 0 Å². The monoisotopic (exact) mass is 596 g/mol. The summed E-state index contributed by atoms with van der Waals surface area (Å²) in [4.78, 5) is 0. The van der Waals surface area contributed by atoms with Crippen LogP contribution < -0.4 is 14.8 Å². The fourth-order valence-corrected chi connectivity index (χ4v) is 4.78. The lowest BCUT2D eigenvalue weighted by atomic mass is 9.77. The summed E-state index contributed by atoms with van der Waals surface area (Å²) in [5.74, 6) is -22.5. The van der Waals surface area contributed by atoms with Gasteiger partial charge in [0.1, 0.15) is 29.0 Å². The molecule has 212 valence electrons. The molecular formula is C28H8BF11O2. The van der Waals surface area contributed by atoms with Crippen molar-refractivity contribution in [2.24, 2.45) is 0 Å². The van der Waals surface area contributed by atoms with Crippen LogP contribution in [-0.4, -0.2) is 7.12 Å². The Kier molecular flexibility index (Phi) is 6.32. The van der Waals surface area contributed by atoms with E-state index in [2.05, 4.69) is 0 Å². The molecule has 0 amide bonds. The molecule has 0 N–H and O–H groups in total. The molecule has 0 aliphatic carbocycles. The molecule has 0 atom stereocenters. The van der Waals surface area contributed by atoms with Crippen LogP contribution in [0.2, 0.25) is 0 Å². The Morgan fingerprint density at radius 1 is 0.452 bits per heavy atom. The largest absolute Gasteiger partial charge is 0.639 e. The summed E-state index contributed by atoms with van der Waals surface area (Å²) >= 11 is 0. The normalized spacial score (nSPS) is 11.7. The fourth-order valence-electron chi connectivity index (χ4n) is 4.78. The minimum absolute atomic E-state index is 0.0343. The molecule has 0 aliphatic heterocycles. The quantitative estimate of drug-likeness (QED) is 0.0871. The maximum absolute atomic E-state index is 15.5. The maximum Gasteiger partial charge on any atom is 0.639 e. The van der Waals surface area contributed by atoms with E-state index in [0.29, 0.717) is 12.1 Å². The molecule has 0 unspecified atom stereocenters. The molecule has 0 fully saturated rings. The lowest BCUT2D eigenvalue weighted by Gasteiger charge is -2.22. The molecule has 0 radical (unpaired) electrons. The molecule has 6 aromatic rings. The number of hydrogen-bond acceptors (Lipinski definition) is 2. The molecule has 42 heavy (non-hydrogen) atoms. The van der Waals surface area contributed by atoms with Gasteiger partial charge in [-0.3, -0.25) is 0 Å². The molecule has 0 spiro atoms. The molecule has 0 bridgehead atoms. The van der Waals surface area contributed by atoms with Gasteiger partial charge in [-0.2, -0.15) is 8.78 Å². The van der Waals surface area contributed by atoms with E-state index in [0.717, 1.165) is 24.3 Å². The van der Waals surface area contributed by atoms with Gasteiger partial charge in [-0.05, 0) is 29.7 Å². The van der Waals surface area contributed by atoms with Crippen LogP contribution in [0.3, 0.4) is 0 Å². The van der Waals surface area contributed by atoms with Crippen molar-refractivity contribution in [2.75, 3.05) is 0 Å². The van der Waals surface area contributed by atoms with Gasteiger partial charge in [-0.15, -0.1) is 0 Å². The summed E-state index contributed by atoms with van der Waals surface area (Å²) in [7, 11) is -2.82. The predicted molar refractivity (Wildman–Crippen MR) is 129 cm³/mol. The molecule has 0 saturated heterocycles. The van der Waals surface area contributed by atoms with Gasteiger partial charge >= 0.3 is 7.12 Å². The van der Waals surface area contributed by atoms with Crippen molar-refractivity contribution in [1.29, 1.82) is 0 Å². The summed E-state index contributed by atoms with van der Waals surface area (Å²) in [5.41, 5.74) is -1.51. The van der Waals surface area contributed by atoms with Crippen molar-refractivity contribution < 1.29 is 57.6 Å². The van der Waals surface area contributed by atoms with Crippen LogP contribution in [-0.2, 0) is 0 Å². The summed E-state index contributed by atoms with van der Waals surface area (Å²) < 4.78 is 171. The van der Waals surface area contributed by atoms with Gasteiger partial charge in [0.05, 0.1) is 16.2 Å². The molecule has 2 nitrogen and oxygen atoms in total. The Balaban J connectivity index is 1.66. The first kappa shape index (κ1) is 27.4. The molecule has 6 aromatic carbocycles. The zero-order valence-corrected chi connectivity index (χ0v) is 20.2. The smallest absolute Gasteiger partial charge is 0.519 e. The molecule has 0 heterocycles. The highest BCUT2D eigenvalue weighted by molar-refractivity contribution is 6.63. The lowest BCUT2D eigenvalue weighted by Crippen LogP contribution is -2.47. The third kappa shape index (κ3) is 3.96. The molecule has 0 aliphatic rings. The highest BCUT2D eigenvalue weighted by Crippen LogP contribution is 2.45. The third-order valence-electron chi connectivity index (χ3n) is 6.61. The lowest BCUT2D eigenvalue weighted by molar-refractivity contribution is 0.382. The second kappa shape index (κ2) is 9.67. The second-order valence-electron chi connectivity index (χ2n) is 8.99. The zero-order chi connectivity index (χ0) is 30.2. The van der Waals surface area contributed by atoms with E-state index in [1.54, 1.807) is 0 Å². The Bertz CT molecular complexity index is 2080. The van der Waals surface area contributed by atoms with Crippen molar-refractivity contribution in [3.8, 4) is 11.5 Å². The minimum atomic E-state index is -2.82. The van der Waals surface area contributed by atoms with E-state index >= 15 is 13.2 Å². The first-order valence-corrected chi connectivity index (χ1v) is 11.6. The van der Waals surface area contributed by atoms with Crippen LogP contribution in [0.5, 0.6) is 11.5 Å². The van der Waals surface area contributed by atoms with Gasteiger partial charge in [0.2, 0.25) is 0 Å². The van der Waals surface area contributed by atoms with Gasteiger partial charge in [-0.1, -0.05) is 12.1 Å². The first-order valence-electron chi connectivity index (χ1n) is 11.6. The highest BCUT2D eigenvalue weighted by Gasteiger charge is 2.39. The molecule has 0 saturated carbocycles. The average molecular weight is 596 g/mol. The van der Waals surface area contributed by atoms with Crippen LogP contribution >= 0.6 is 0 Å². The Labute approximate surface area is 227 Å². The second-order valence-corrected chi connectivity index (χ2v) is 8.99. The van der Waals surface area contributed by atoms with Gasteiger partial charge < -0.3 is 9.31 Å². The highest BCUT2D eigenvalue weighted by atomic mass is 19.2. The molecule has 14 heteroatoms. The summed E-state index contributed by atoms with van der Waals surface area (Å²) in [5, 5.41) is -3.85. The number of rotatable bonds is 5. The summed E-state index contributed by atoms with van der Waals surface area (Å²) in [6.07, 6.45) is 0. The van der Waals surface area contributed by atoms with Crippen LogP contribution in [0.25, 0.3) is 32.3 Å². The van der Waals surface area contributed by atoms with Crippen LogP contribution in [0.4, 0.5) is 48.3 Å². The third-order valence-corrected chi connectivity index (χ3v) is 6.61. The van der Waals surface area contributed by atoms with Crippen LogP contribution in [0, 0.1) is 64.0 Å². The molecular weight excluding hydrogens is 588 g/mol. The van der Waals surface area contributed by atoms with Crippen molar-refractivity contribution in [3.05, 3.63) is 113 Å². The average Bonchev–Trinajstić information content (AvgIpc) is 2.94. The minimum Gasteiger partial charge on any atom is -0.519 e. The Morgan fingerprint density at radius 2 is 1.07 bits per heavy atom. The van der Waals surface area contributed by atoms with Gasteiger partial charge in [0, 0.05) is 28.3 Å². The SMILES string of the molecule is Fc1cc(F)c(F)c(OB(Oc2c(F)c(F)c3c(F)c(F)c4c(F)ccc5ccc2c3c54)c2c(F)ccc(F)c2F)c1. The summed E-state index contributed by atoms with van der Waals surface area (Å²) in [6.45, 7) is 0. The van der Waals surface area contributed by atoms with E-state index in [1.807, 2.05) is 0 Å². The summed E-state index contributed by atoms with van der Waals surface area (Å²) in [6, 6.07) is 5.04. The topological polar surface area (TPSA) is 18.5 Å². The molecule has 0 aromatic heterocycles. The zero-order valence-electron chi connectivity index (χ0n) is 20.2. The van der Waals surface area contributed by atoms with E-state index < -0.39 is 115 Å². The number of halogens is 11. The van der Waals surface area contributed by atoms with Crippen LogP contribution in [0.1, 0.15) is 0 Å². The van der Waals surface area contributed by atoms with E-state index in [4.69, 9.17) is 9.31 Å². The van der Waals surface area contributed by atoms with Crippen molar-refractivity contribution >= 4 is 44.9 Å². The van der Waals surface area contributed by atoms with Gasteiger partial charge in [-0.25, -0.2) is 39.5 Å². The van der Waals surface area contributed by atoms with E-state index in [-0.39, 0.29) is 17.5 Å². The maximum atomic E-state index is 15.5. The van der Waals surface area contributed by atoms with E-state index in [9.17, 15) is 35.1 Å². The van der Waals surface area contributed by atoms with Gasteiger partial charge in [0.15, 0.2) is 46.5 Å².